The Morgan fingerprint density at radius 2 is 2.33 bits per heavy atom. The maximum Gasteiger partial charge on any atom is 0.305 e. The van der Waals surface area contributed by atoms with Crippen molar-refractivity contribution < 1.29 is 9.90 Å². The van der Waals surface area contributed by atoms with E-state index in [2.05, 4.69) is 11.4 Å². The average Bonchev–Trinajstić information content (AvgIpc) is 2.10. The van der Waals surface area contributed by atoms with Crippen molar-refractivity contribution in [1.29, 1.82) is 5.26 Å². The monoisotopic (exact) mass is 211 g/mol. The van der Waals surface area contributed by atoms with Crippen LogP contribution in [0.1, 0.15) is 13.3 Å². The highest BCUT2D eigenvalue weighted by Crippen LogP contribution is 2.24. The van der Waals surface area contributed by atoms with Crippen LogP contribution in [-0.4, -0.2) is 48.2 Å². The molecular weight excluding hydrogens is 194 g/mol. The molecule has 0 aromatic heterocycles. The maximum absolute atomic E-state index is 10.7. The summed E-state index contributed by atoms with van der Waals surface area (Å²) < 4.78 is 0. The molecule has 0 aromatic rings. The smallest absolute Gasteiger partial charge is 0.305 e. The van der Waals surface area contributed by atoms with Gasteiger partial charge in [-0.2, -0.15) is 5.26 Å². The molecule has 1 heterocycles. The normalized spacial score (nSPS) is 20.4. The molecule has 1 unspecified atom stereocenters. The number of hydrogen-bond donors (Lipinski definition) is 2. The number of aliphatic carboxylic acids is 1. The summed E-state index contributed by atoms with van der Waals surface area (Å²) in [5.41, 5.74) is -0.295. The minimum atomic E-state index is -0.784. The van der Waals surface area contributed by atoms with Gasteiger partial charge in [0.2, 0.25) is 0 Å². The molecular formula is C10H17N3O2. The van der Waals surface area contributed by atoms with Crippen LogP contribution >= 0.6 is 0 Å². The van der Waals surface area contributed by atoms with Gasteiger partial charge in [-0.15, -0.1) is 0 Å². The summed E-state index contributed by atoms with van der Waals surface area (Å²) in [5.74, 6) is -0.853. The van der Waals surface area contributed by atoms with E-state index in [-0.39, 0.29) is 17.9 Å². The number of carbonyl (C=O) groups is 1. The number of rotatable bonds is 5. The van der Waals surface area contributed by atoms with E-state index in [0.29, 0.717) is 19.6 Å². The third-order valence-corrected chi connectivity index (χ3v) is 2.97. The molecule has 5 nitrogen and oxygen atoms in total. The Hall–Kier alpha value is -1.12. The number of hydrogen-bond acceptors (Lipinski definition) is 4. The molecule has 1 aliphatic rings. The average molecular weight is 211 g/mol. The van der Waals surface area contributed by atoms with Gasteiger partial charge in [0.15, 0.2) is 0 Å². The Morgan fingerprint density at radius 3 is 2.67 bits per heavy atom. The second-order valence-electron chi connectivity index (χ2n) is 4.31. The molecule has 1 aliphatic heterocycles. The van der Waals surface area contributed by atoms with Gasteiger partial charge in [-0.3, -0.25) is 9.69 Å². The van der Waals surface area contributed by atoms with Gasteiger partial charge in [0.05, 0.1) is 23.9 Å². The maximum atomic E-state index is 10.7. The van der Waals surface area contributed by atoms with E-state index in [0.717, 1.165) is 0 Å². The van der Waals surface area contributed by atoms with Gasteiger partial charge in [0.1, 0.15) is 0 Å². The molecule has 0 spiro atoms. The molecule has 1 fully saturated rings. The molecule has 1 rings (SSSR count). The van der Waals surface area contributed by atoms with Crippen molar-refractivity contribution in [3.63, 3.8) is 0 Å². The summed E-state index contributed by atoms with van der Waals surface area (Å²) in [6.07, 6.45) is 0.134. The van der Waals surface area contributed by atoms with E-state index in [1.807, 2.05) is 18.9 Å². The Balaban J connectivity index is 2.58. The zero-order valence-electron chi connectivity index (χ0n) is 9.16. The minimum absolute atomic E-state index is 0.0683. The van der Waals surface area contributed by atoms with Gasteiger partial charge in [-0.1, -0.05) is 0 Å². The Kier molecular flexibility index (Phi) is 3.66. The molecule has 0 radical (unpaired) electrons. The summed E-state index contributed by atoms with van der Waals surface area (Å²) in [6.45, 7) is 3.84. The molecule has 0 aromatic carbocycles. The highest BCUT2D eigenvalue weighted by molar-refractivity contribution is 5.68. The second-order valence-corrected chi connectivity index (χ2v) is 4.31. The lowest BCUT2D eigenvalue weighted by atomic mass is 9.86. The van der Waals surface area contributed by atoms with Gasteiger partial charge in [-0.25, -0.2) is 0 Å². The van der Waals surface area contributed by atoms with Crippen LogP contribution in [-0.2, 0) is 4.79 Å². The van der Waals surface area contributed by atoms with Crippen molar-refractivity contribution in [2.24, 2.45) is 5.92 Å². The molecule has 15 heavy (non-hydrogen) atoms. The first kappa shape index (κ1) is 12.0. The first-order chi connectivity index (χ1) is 7.00. The third-order valence-electron chi connectivity index (χ3n) is 2.97. The molecule has 0 bridgehead atoms. The van der Waals surface area contributed by atoms with Crippen molar-refractivity contribution in [2.45, 2.75) is 18.9 Å². The molecule has 0 aliphatic carbocycles. The van der Waals surface area contributed by atoms with E-state index in [1.165, 1.54) is 0 Å². The van der Waals surface area contributed by atoms with Gasteiger partial charge >= 0.3 is 5.97 Å². The standard InChI is InChI=1S/C10H17N3O2/c1-8(4-11)5-13(2)10(3-9(14)15)6-12-7-10/h8,12H,3,5-7H2,1-2H3,(H,14,15). The lowest BCUT2D eigenvalue weighted by molar-refractivity contribution is -0.141. The van der Waals surface area contributed by atoms with E-state index >= 15 is 0 Å². The number of likely N-dealkylation sites (N-methyl/N-ethyl adjacent to an activating group) is 1. The van der Waals surface area contributed by atoms with Gasteiger partial charge in [-0.05, 0) is 14.0 Å². The van der Waals surface area contributed by atoms with Crippen molar-refractivity contribution in [3.8, 4) is 6.07 Å². The SMILES string of the molecule is CC(C#N)CN(C)C1(CC(=O)O)CNC1. The fourth-order valence-corrected chi connectivity index (χ4v) is 1.87. The van der Waals surface area contributed by atoms with Crippen LogP contribution in [0.5, 0.6) is 0 Å². The zero-order valence-corrected chi connectivity index (χ0v) is 9.16. The summed E-state index contributed by atoms with van der Waals surface area (Å²) in [5, 5.41) is 20.6. The second kappa shape index (κ2) is 4.60. The number of carboxylic acids is 1. The number of carboxylic acid groups (broad SMARTS) is 1. The number of nitriles is 1. The zero-order chi connectivity index (χ0) is 11.5. The summed E-state index contributed by atoms with van der Waals surface area (Å²) in [6, 6.07) is 2.16. The number of nitrogens with zero attached hydrogens (tertiary/aromatic N) is 2. The van der Waals surface area contributed by atoms with E-state index < -0.39 is 5.97 Å². The Morgan fingerprint density at radius 1 is 1.73 bits per heavy atom. The quantitative estimate of drug-likeness (QED) is 0.664. The summed E-state index contributed by atoms with van der Waals surface area (Å²) in [4.78, 5) is 12.7. The summed E-state index contributed by atoms with van der Waals surface area (Å²) in [7, 11) is 1.89. The van der Waals surface area contributed by atoms with Gasteiger partial charge in [0, 0.05) is 19.6 Å². The Labute approximate surface area is 89.7 Å². The molecule has 1 saturated heterocycles. The lowest BCUT2D eigenvalue weighted by Gasteiger charge is -2.48. The van der Waals surface area contributed by atoms with Crippen molar-refractivity contribution in [1.82, 2.24) is 10.2 Å². The first-order valence-electron chi connectivity index (χ1n) is 5.03. The summed E-state index contributed by atoms with van der Waals surface area (Å²) >= 11 is 0. The molecule has 0 saturated carbocycles. The largest absolute Gasteiger partial charge is 0.481 e. The predicted molar refractivity (Wildman–Crippen MR) is 55.3 cm³/mol. The Bertz CT molecular complexity index is 281. The van der Waals surface area contributed by atoms with Gasteiger partial charge in [0.25, 0.3) is 0 Å². The lowest BCUT2D eigenvalue weighted by Crippen LogP contribution is -2.69. The predicted octanol–water partition coefficient (Wildman–Crippen LogP) is -0.105. The molecule has 2 N–H and O–H groups in total. The highest BCUT2D eigenvalue weighted by Gasteiger charge is 2.42. The van der Waals surface area contributed by atoms with E-state index in [4.69, 9.17) is 10.4 Å². The van der Waals surface area contributed by atoms with Crippen LogP contribution in [0.2, 0.25) is 0 Å². The topological polar surface area (TPSA) is 76.4 Å². The van der Waals surface area contributed by atoms with Crippen LogP contribution in [0.15, 0.2) is 0 Å². The van der Waals surface area contributed by atoms with Crippen LogP contribution in [0.3, 0.4) is 0 Å². The van der Waals surface area contributed by atoms with Crippen molar-refractivity contribution in [3.05, 3.63) is 0 Å². The molecule has 1 atom stereocenters. The van der Waals surface area contributed by atoms with Gasteiger partial charge < -0.3 is 10.4 Å². The van der Waals surface area contributed by atoms with Crippen molar-refractivity contribution >= 4 is 5.97 Å². The van der Waals surface area contributed by atoms with Crippen molar-refractivity contribution in [2.75, 3.05) is 26.7 Å². The van der Waals surface area contributed by atoms with Crippen LogP contribution < -0.4 is 5.32 Å². The molecule has 5 heteroatoms. The van der Waals surface area contributed by atoms with E-state index in [1.54, 1.807) is 0 Å². The third kappa shape index (κ3) is 2.67. The number of nitrogens with one attached hydrogen (secondary N) is 1. The minimum Gasteiger partial charge on any atom is -0.481 e. The van der Waals surface area contributed by atoms with Crippen LogP contribution in [0.4, 0.5) is 0 Å². The van der Waals surface area contributed by atoms with E-state index in [9.17, 15) is 4.79 Å². The first-order valence-corrected chi connectivity index (χ1v) is 5.03. The highest BCUT2D eigenvalue weighted by atomic mass is 16.4. The fraction of sp³-hybridized carbons (Fsp3) is 0.800. The molecule has 84 valence electrons. The van der Waals surface area contributed by atoms with Crippen LogP contribution in [0, 0.1) is 17.2 Å². The molecule has 0 amide bonds. The fourth-order valence-electron chi connectivity index (χ4n) is 1.87. The van der Waals surface area contributed by atoms with Crippen LogP contribution in [0.25, 0.3) is 0 Å².